The molecule has 1 amide bonds. The molecule has 0 radical (unpaired) electrons. The van der Waals surface area contributed by atoms with Crippen molar-refractivity contribution in [1.29, 1.82) is 5.26 Å². The number of hydrogen-bond donors (Lipinski definition) is 1. The number of likely N-dealkylation sites (N-methyl/N-ethyl adjacent to an activating group) is 1. The van der Waals surface area contributed by atoms with Gasteiger partial charge in [0.25, 0.3) is 5.56 Å². The van der Waals surface area contributed by atoms with Gasteiger partial charge in [0.15, 0.2) is 5.41 Å². The molecular formula is C28H26FN5O3. The second-order valence-electron chi connectivity index (χ2n) is 9.53. The van der Waals surface area contributed by atoms with E-state index < -0.39 is 22.7 Å². The monoisotopic (exact) mass is 499 g/mol. The molecule has 5 rings (SSSR count). The lowest BCUT2D eigenvalue weighted by Gasteiger charge is -2.34. The number of rotatable bonds is 5. The number of nitriles is 1. The van der Waals surface area contributed by atoms with Gasteiger partial charge in [-0.2, -0.15) is 5.26 Å². The molecule has 8 nitrogen and oxygen atoms in total. The van der Waals surface area contributed by atoms with Crippen LogP contribution in [0.3, 0.4) is 0 Å². The van der Waals surface area contributed by atoms with Crippen LogP contribution in [0.5, 0.6) is 5.75 Å². The topological polar surface area (TPSA) is 105 Å². The van der Waals surface area contributed by atoms with Crippen LogP contribution in [-0.2, 0) is 23.3 Å². The average Bonchev–Trinajstić information content (AvgIpc) is 3.07. The van der Waals surface area contributed by atoms with Crippen molar-refractivity contribution in [3.8, 4) is 11.8 Å². The van der Waals surface area contributed by atoms with Gasteiger partial charge in [0, 0.05) is 36.1 Å². The Morgan fingerprint density at radius 2 is 1.89 bits per heavy atom. The van der Waals surface area contributed by atoms with Crippen molar-refractivity contribution in [2.45, 2.75) is 25.4 Å². The zero-order valence-electron chi connectivity index (χ0n) is 20.8. The Morgan fingerprint density at radius 1 is 1.14 bits per heavy atom. The maximum Gasteiger partial charge on any atom is 0.259 e. The quantitative estimate of drug-likeness (QED) is 0.579. The molecule has 0 aliphatic carbocycles. The van der Waals surface area contributed by atoms with Crippen LogP contribution in [0.2, 0.25) is 0 Å². The highest BCUT2D eigenvalue weighted by Gasteiger charge is 2.60. The zero-order valence-corrected chi connectivity index (χ0v) is 20.8. The van der Waals surface area contributed by atoms with Crippen LogP contribution in [0.15, 0.2) is 70.8 Å². The van der Waals surface area contributed by atoms with Gasteiger partial charge in [-0.05, 0) is 44.8 Å². The van der Waals surface area contributed by atoms with Gasteiger partial charge in [-0.25, -0.2) is 4.39 Å². The lowest BCUT2D eigenvalue weighted by Crippen LogP contribution is -2.50. The van der Waals surface area contributed by atoms with E-state index in [1.54, 1.807) is 54.0 Å². The summed E-state index contributed by atoms with van der Waals surface area (Å²) in [5, 5.41) is 10.3. The second-order valence-corrected chi connectivity index (χ2v) is 9.53. The van der Waals surface area contributed by atoms with Crippen molar-refractivity contribution >= 4 is 11.6 Å². The average molecular weight is 500 g/mol. The number of aryl methyl sites for hydroxylation is 1. The number of carbonyl (C=O) groups is 1. The molecule has 0 saturated carbocycles. The normalized spacial score (nSPS) is 18.2. The number of benzene rings is 2. The third kappa shape index (κ3) is 3.60. The number of anilines is 1. The number of halogens is 1. The highest BCUT2D eigenvalue weighted by Crippen LogP contribution is 2.54. The van der Waals surface area contributed by atoms with E-state index in [-0.39, 0.29) is 29.3 Å². The summed E-state index contributed by atoms with van der Waals surface area (Å²) in [6.45, 7) is 2.80. The first-order valence-electron chi connectivity index (χ1n) is 11.8. The summed E-state index contributed by atoms with van der Waals surface area (Å²) in [6, 6.07) is 16.7. The van der Waals surface area contributed by atoms with E-state index in [4.69, 9.17) is 10.5 Å². The van der Waals surface area contributed by atoms with Gasteiger partial charge in [0.05, 0.1) is 12.1 Å². The van der Waals surface area contributed by atoms with E-state index in [9.17, 15) is 19.2 Å². The molecule has 37 heavy (non-hydrogen) atoms. The minimum atomic E-state index is -1.79. The van der Waals surface area contributed by atoms with Crippen LogP contribution in [0.4, 0.5) is 10.1 Å². The van der Waals surface area contributed by atoms with Crippen LogP contribution in [0.25, 0.3) is 0 Å². The molecule has 9 heteroatoms. The lowest BCUT2D eigenvalue weighted by molar-refractivity contribution is -0.121. The Morgan fingerprint density at radius 3 is 2.59 bits per heavy atom. The summed E-state index contributed by atoms with van der Waals surface area (Å²) in [5.41, 5.74) is 6.12. The fourth-order valence-corrected chi connectivity index (χ4v) is 5.27. The summed E-state index contributed by atoms with van der Waals surface area (Å²) >= 11 is 0. The van der Waals surface area contributed by atoms with Gasteiger partial charge in [-0.3, -0.25) is 9.59 Å². The standard InChI is InChI=1S/C28H26FN5O3/c1-17-13-23-24(26(35)33(17)12-11-32(2)3)28(21(15-30)25(31)37-23)20-9-4-5-10-22(20)34(27(28)36)16-18-7-6-8-19(29)14-18/h4-10,13-14H,11-12,16,31H2,1-3H3. The first-order valence-corrected chi connectivity index (χ1v) is 11.8. The van der Waals surface area contributed by atoms with Crippen LogP contribution in [-0.4, -0.2) is 36.0 Å². The Balaban J connectivity index is 1.80. The smallest absolute Gasteiger partial charge is 0.259 e. The van der Waals surface area contributed by atoms with Crippen molar-refractivity contribution in [3.05, 3.63) is 105 Å². The van der Waals surface area contributed by atoms with Crippen molar-refractivity contribution in [3.63, 3.8) is 0 Å². The fraction of sp³-hybridized carbons (Fsp3) is 0.250. The molecule has 1 spiro atoms. The maximum absolute atomic E-state index is 14.5. The molecule has 2 N–H and O–H groups in total. The van der Waals surface area contributed by atoms with E-state index in [1.165, 1.54) is 17.0 Å². The second kappa shape index (κ2) is 8.91. The summed E-state index contributed by atoms with van der Waals surface area (Å²) in [4.78, 5) is 32.0. The van der Waals surface area contributed by atoms with Crippen LogP contribution in [0, 0.1) is 24.1 Å². The molecule has 2 aliphatic heterocycles. The number of carbonyl (C=O) groups excluding carboxylic acids is 1. The summed E-state index contributed by atoms with van der Waals surface area (Å²) < 4.78 is 21.4. The molecule has 3 heterocycles. The van der Waals surface area contributed by atoms with Crippen LogP contribution in [0.1, 0.15) is 22.4 Å². The summed E-state index contributed by atoms with van der Waals surface area (Å²) in [5.74, 6) is -1.02. The molecule has 2 aliphatic rings. The molecule has 1 unspecified atom stereocenters. The van der Waals surface area contributed by atoms with Gasteiger partial charge in [0.1, 0.15) is 23.2 Å². The van der Waals surface area contributed by atoms with E-state index in [1.807, 2.05) is 19.0 Å². The molecule has 1 aromatic heterocycles. The molecule has 1 atom stereocenters. The minimum absolute atomic E-state index is 0.0465. The molecule has 2 aromatic carbocycles. The van der Waals surface area contributed by atoms with E-state index in [0.29, 0.717) is 35.6 Å². The Bertz CT molecular complexity index is 1570. The molecule has 188 valence electrons. The number of amides is 1. The highest BCUT2D eigenvalue weighted by atomic mass is 19.1. The maximum atomic E-state index is 14.5. The Hall–Kier alpha value is -4.42. The fourth-order valence-electron chi connectivity index (χ4n) is 5.27. The van der Waals surface area contributed by atoms with Gasteiger partial charge in [-0.15, -0.1) is 0 Å². The van der Waals surface area contributed by atoms with Crippen molar-refractivity contribution < 1.29 is 13.9 Å². The number of nitrogens with two attached hydrogens (primary N) is 1. The molecule has 0 fully saturated rings. The van der Waals surface area contributed by atoms with Crippen LogP contribution >= 0.6 is 0 Å². The zero-order chi connectivity index (χ0) is 26.5. The van der Waals surface area contributed by atoms with E-state index in [0.717, 1.165) is 0 Å². The van der Waals surface area contributed by atoms with Crippen molar-refractivity contribution in [2.24, 2.45) is 5.73 Å². The predicted molar refractivity (Wildman–Crippen MR) is 136 cm³/mol. The Labute approximate surface area is 213 Å². The number of hydrogen-bond acceptors (Lipinski definition) is 6. The largest absolute Gasteiger partial charge is 0.440 e. The summed E-state index contributed by atoms with van der Waals surface area (Å²) in [7, 11) is 3.81. The lowest BCUT2D eigenvalue weighted by atomic mass is 9.69. The van der Waals surface area contributed by atoms with Gasteiger partial charge < -0.3 is 24.8 Å². The van der Waals surface area contributed by atoms with Crippen molar-refractivity contribution in [2.75, 3.05) is 25.5 Å². The first kappa shape index (κ1) is 24.3. The minimum Gasteiger partial charge on any atom is -0.440 e. The third-order valence-electron chi connectivity index (χ3n) is 6.96. The number of pyridine rings is 1. The van der Waals surface area contributed by atoms with Gasteiger partial charge >= 0.3 is 0 Å². The van der Waals surface area contributed by atoms with Crippen LogP contribution < -0.4 is 20.9 Å². The van der Waals surface area contributed by atoms with E-state index in [2.05, 4.69) is 6.07 Å². The number of fused-ring (bicyclic) bond motifs is 4. The number of nitrogens with zero attached hydrogens (tertiary/aromatic N) is 4. The van der Waals surface area contributed by atoms with Gasteiger partial charge in [-0.1, -0.05) is 30.3 Å². The molecular weight excluding hydrogens is 473 g/mol. The van der Waals surface area contributed by atoms with Crippen molar-refractivity contribution in [1.82, 2.24) is 9.47 Å². The van der Waals surface area contributed by atoms with E-state index >= 15 is 0 Å². The molecule has 0 bridgehead atoms. The number of para-hydroxylation sites is 1. The third-order valence-corrected chi connectivity index (χ3v) is 6.96. The first-order chi connectivity index (χ1) is 17.7. The SMILES string of the molecule is Cc1cc2c(c(=O)n1CCN(C)C)C1(C(=O)N(Cc3cccc(F)c3)c3ccccc31)C(C#N)=C(N)O2. The Kier molecular flexibility index (Phi) is 5.85. The molecule has 0 saturated heterocycles. The predicted octanol–water partition coefficient (Wildman–Crippen LogP) is 2.78. The highest BCUT2D eigenvalue weighted by molar-refractivity contribution is 6.14. The number of ether oxygens (including phenoxy) is 1. The molecule has 3 aromatic rings. The summed E-state index contributed by atoms with van der Waals surface area (Å²) in [6.07, 6.45) is 0. The number of aromatic nitrogens is 1. The van der Waals surface area contributed by atoms with Gasteiger partial charge in [0.2, 0.25) is 11.8 Å².